The van der Waals surface area contributed by atoms with Crippen LogP contribution in [-0.4, -0.2) is 30.1 Å². The van der Waals surface area contributed by atoms with Crippen LogP contribution >= 0.6 is 23.6 Å². The van der Waals surface area contributed by atoms with E-state index < -0.39 is 0 Å². The second kappa shape index (κ2) is 8.12. The average Bonchev–Trinajstić information content (AvgIpc) is 2.97. The molecule has 0 fully saturated rings. The molecule has 2 N–H and O–H groups in total. The Hall–Kier alpha value is -1.43. The zero-order valence-corrected chi connectivity index (χ0v) is 13.8. The number of thiocarbonyl (C=S) groups is 1. The van der Waals surface area contributed by atoms with Gasteiger partial charge in [-0.3, -0.25) is 0 Å². The molecule has 0 saturated carbocycles. The molecule has 0 aliphatic rings. The van der Waals surface area contributed by atoms with Crippen LogP contribution in [0.2, 0.25) is 0 Å². The van der Waals surface area contributed by atoms with E-state index in [9.17, 15) is 0 Å². The minimum atomic E-state index is 0.414. The highest BCUT2D eigenvalue weighted by Gasteiger charge is 2.02. The molecule has 0 radical (unpaired) electrons. The number of ether oxygens (including phenoxy) is 1. The van der Waals surface area contributed by atoms with Crippen LogP contribution in [0.4, 0.5) is 0 Å². The lowest BCUT2D eigenvalue weighted by Gasteiger charge is -2.15. The molecule has 3 nitrogen and oxygen atoms in total. The summed E-state index contributed by atoms with van der Waals surface area (Å²) < 4.78 is 5.72. The van der Waals surface area contributed by atoms with E-state index in [4.69, 9.17) is 22.7 Å². The van der Waals surface area contributed by atoms with Crippen LogP contribution in [0, 0.1) is 0 Å². The average molecular weight is 320 g/mol. The molecule has 0 atom stereocenters. The molecular weight excluding hydrogens is 300 g/mol. The van der Waals surface area contributed by atoms with Crippen LogP contribution in [0.1, 0.15) is 16.9 Å². The Morgan fingerprint density at radius 1 is 1.29 bits per heavy atom. The highest BCUT2D eigenvalue weighted by molar-refractivity contribution is 7.80. The zero-order valence-electron chi connectivity index (χ0n) is 12.1. The van der Waals surface area contributed by atoms with Crippen LogP contribution in [0.5, 0.6) is 5.75 Å². The van der Waals surface area contributed by atoms with Gasteiger partial charge in [-0.2, -0.15) is 0 Å². The molecule has 0 amide bonds. The molecular formula is C16H20N2OS2. The third kappa shape index (κ3) is 5.46. The molecule has 2 aromatic rings. The van der Waals surface area contributed by atoms with Crippen molar-refractivity contribution >= 4 is 28.5 Å². The molecule has 1 aromatic heterocycles. The van der Waals surface area contributed by atoms with Crippen LogP contribution in [-0.2, 0) is 6.54 Å². The van der Waals surface area contributed by atoms with Gasteiger partial charge in [0.05, 0.1) is 6.61 Å². The minimum absolute atomic E-state index is 0.414. The van der Waals surface area contributed by atoms with Crippen molar-refractivity contribution in [2.24, 2.45) is 5.73 Å². The minimum Gasteiger partial charge on any atom is -0.494 e. The maximum absolute atomic E-state index is 5.72. The number of nitrogens with two attached hydrogens (primary N) is 1. The SMILES string of the molecule is CN(CCCOc1ccc(C(N)=S)cc1)Cc1cccs1. The predicted octanol–water partition coefficient (Wildman–Crippen LogP) is 3.28. The Labute approximate surface area is 135 Å². The second-order valence-electron chi connectivity index (χ2n) is 4.91. The molecule has 1 heterocycles. The number of rotatable bonds is 8. The van der Waals surface area contributed by atoms with Crippen molar-refractivity contribution in [3.8, 4) is 5.75 Å². The highest BCUT2D eigenvalue weighted by Crippen LogP contribution is 2.13. The van der Waals surface area contributed by atoms with Crippen molar-refractivity contribution < 1.29 is 4.74 Å². The van der Waals surface area contributed by atoms with E-state index in [1.165, 1.54) is 4.88 Å². The van der Waals surface area contributed by atoms with E-state index in [1.807, 2.05) is 24.3 Å². The van der Waals surface area contributed by atoms with Crippen molar-refractivity contribution in [1.82, 2.24) is 4.90 Å². The van der Waals surface area contributed by atoms with Gasteiger partial charge in [-0.05, 0) is 49.2 Å². The normalized spacial score (nSPS) is 10.8. The summed E-state index contributed by atoms with van der Waals surface area (Å²) in [4.78, 5) is 4.12. The van der Waals surface area contributed by atoms with Crippen LogP contribution < -0.4 is 10.5 Å². The Morgan fingerprint density at radius 2 is 2.05 bits per heavy atom. The standard InChI is InChI=1S/C16H20N2OS2/c1-18(12-15-4-2-11-21-15)9-3-10-19-14-7-5-13(6-8-14)16(17)20/h2,4-8,11H,3,9-10,12H2,1H3,(H2,17,20). The molecule has 0 unspecified atom stereocenters. The van der Waals surface area contributed by atoms with Gasteiger partial charge in [0.1, 0.15) is 10.7 Å². The molecule has 0 aliphatic heterocycles. The molecule has 1 aromatic carbocycles. The van der Waals surface area contributed by atoms with Crippen molar-refractivity contribution in [1.29, 1.82) is 0 Å². The van der Waals surface area contributed by atoms with Gasteiger partial charge in [0.2, 0.25) is 0 Å². The first kappa shape index (κ1) is 15.9. The summed E-state index contributed by atoms with van der Waals surface area (Å²) in [6.07, 6.45) is 0.999. The molecule has 112 valence electrons. The smallest absolute Gasteiger partial charge is 0.119 e. The van der Waals surface area contributed by atoms with Crippen LogP contribution in [0.3, 0.4) is 0 Å². The van der Waals surface area contributed by atoms with Gasteiger partial charge in [-0.1, -0.05) is 18.3 Å². The van der Waals surface area contributed by atoms with Crippen molar-refractivity contribution in [3.63, 3.8) is 0 Å². The van der Waals surface area contributed by atoms with Gasteiger partial charge in [0.25, 0.3) is 0 Å². The van der Waals surface area contributed by atoms with Gasteiger partial charge < -0.3 is 15.4 Å². The molecule has 0 saturated heterocycles. The number of hydrogen-bond donors (Lipinski definition) is 1. The molecule has 0 aliphatic carbocycles. The number of hydrogen-bond acceptors (Lipinski definition) is 4. The molecule has 21 heavy (non-hydrogen) atoms. The quantitative estimate of drug-likeness (QED) is 0.598. The number of nitrogens with zero attached hydrogens (tertiary/aromatic N) is 1. The predicted molar refractivity (Wildman–Crippen MR) is 93.1 cm³/mol. The van der Waals surface area contributed by atoms with Gasteiger partial charge in [0.15, 0.2) is 0 Å². The lowest BCUT2D eigenvalue weighted by molar-refractivity contribution is 0.260. The molecule has 5 heteroatoms. The van der Waals surface area contributed by atoms with Gasteiger partial charge in [-0.15, -0.1) is 11.3 Å². The van der Waals surface area contributed by atoms with Crippen molar-refractivity contribution in [3.05, 3.63) is 52.2 Å². The Morgan fingerprint density at radius 3 is 2.67 bits per heavy atom. The molecule has 0 bridgehead atoms. The molecule has 0 spiro atoms. The Kier molecular flexibility index (Phi) is 6.17. The first-order chi connectivity index (χ1) is 10.1. The Balaban J connectivity index is 1.66. The maximum atomic E-state index is 5.72. The van der Waals surface area contributed by atoms with Gasteiger partial charge >= 0.3 is 0 Å². The van der Waals surface area contributed by atoms with E-state index in [1.54, 1.807) is 11.3 Å². The maximum Gasteiger partial charge on any atom is 0.119 e. The second-order valence-corrected chi connectivity index (χ2v) is 6.38. The van der Waals surface area contributed by atoms with E-state index in [2.05, 4.69) is 29.5 Å². The topological polar surface area (TPSA) is 38.5 Å². The van der Waals surface area contributed by atoms with Gasteiger partial charge in [-0.25, -0.2) is 0 Å². The highest BCUT2D eigenvalue weighted by atomic mass is 32.1. The summed E-state index contributed by atoms with van der Waals surface area (Å²) in [7, 11) is 2.14. The lowest BCUT2D eigenvalue weighted by atomic mass is 10.2. The van der Waals surface area contributed by atoms with Crippen LogP contribution in [0.15, 0.2) is 41.8 Å². The van der Waals surface area contributed by atoms with Crippen LogP contribution in [0.25, 0.3) is 0 Å². The third-order valence-corrected chi connectivity index (χ3v) is 4.19. The fourth-order valence-electron chi connectivity index (χ4n) is 1.99. The zero-order chi connectivity index (χ0) is 15.1. The van der Waals surface area contributed by atoms with E-state index in [-0.39, 0.29) is 0 Å². The first-order valence-electron chi connectivity index (χ1n) is 6.89. The van der Waals surface area contributed by atoms with Crippen molar-refractivity contribution in [2.75, 3.05) is 20.2 Å². The lowest BCUT2D eigenvalue weighted by Crippen LogP contribution is -2.20. The molecule has 2 rings (SSSR count). The summed E-state index contributed by atoms with van der Waals surface area (Å²) in [6, 6.07) is 11.9. The number of thiophene rings is 1. The summed E-state index contributed by atoms with van der Waals surface area (Å²) in [5, 5.41) is 2.11. The summed E-state index contributed by atoms with van der Waals surface area (Å²) in [5.41, 5.74) is 6.43. The number of benzene rings is 1. The fraction of sp³-hybridized carbons (Fsp3) is 0.312. The van der Waals surface area contributed by atoms with Crippen molar-refractivity contribution in [2.45, 2.75) is 13.0 Å². The Bertz CT molecular complexity index is 552. The first-order valence-corrected chi connectivity index (χ1v) is 8.17. The van der Waals surface area contributed by atoms with E-state index in [0.29, 0.717) is 11.6 Å². The fourth-order valence-corrected chi connectivity index (χ4v) is 2.91. The summed E-state index contributed by atoms with van der Waals surface area (Å²) >= 11 is 6.72. The monoisotopic (exact) mass is 320 g/mol. The third-order valence-electron chi connectivity index (χ3n) is 3.10. The van der Waals surface area contributed by atoms with E-state index in [0.717, 1.165) is 30.8 Å². The largest absolute Gasteiger partial charge is 0.494 e. The summed E-state index contributed by atoms with van der Waals surface area (Å²) in [5.74, 6) is 0.857. The summed E-state index contributed by atoms with van der Waals surface area (Å²) in [6.45, 7) is 2.73. The van der Waals surface area contributed by atoms with Gasteiger partial charge in [0, 0.05) is 23.5 Å². The van der Waals surface area contributed by atoms with E-state index >= 15 is 0 Å².